The lowest BCUT2D eigenvalue weighted by atomic mass is 10.1. The van der Waals surface area contributed by atoms with Crippen LogP contribution in [0.2, 0.25) is 0 Å². The van der Waals surface area contributed by atoms with Gasteiger partial charge in [-0.3, -0.25) is 10.1 Å². The van der Waals surface area contributed by atoms with Gasteiger partial charge in [0.25, 0.3) is 5.69 Å². The van der Waals surface area contributed by atoms with Gasteiger partial charge in [-0.25, -0.2) is 4.79 Å². The normalized spacial score (nSPS) is 13.6. The molecular weight excluding hydrogens is 502 g/mol. The molecule has 0 radical (unpaired) electrons. The quantitative estimate of drug-likeness (QED) is 0.0654. The fraction of sp³-hybridized carbons (Fsp3) is 0.731. The molecule has 3 atom stereocenters. The van der Waals surface area contributed by atoms with Gasteiger partial charge in [0.1, 0.15) is 12.4 Å². The smallest absolute Gasteiger partial charge is 0.434 e. The number of non-ortho nitro benzene ring substituents is 1. The third kappa shape index (κ3) is 15.8. The van der Waals surface area contributed by atoms with E-state index in [9.17, 15) is 14.9 Å². The molecule has 0 heterocycles. The zero-order valence-electron chi connectivity index (χ0n) is 23.0. The van der Waals surface area contributed by atoms with Crippen LogP contribution in [-0.2, 0) is 33.2 Å². The van der Waals surface area contributed by atoms with E-state index in [0.717, 1.165) is 12.8 Å². The average molecular weight is 546 g/mol. The maximum absolute atomic E-state index is 12.2. The predicted octanol–water partition coefficient (Wildman–Crippen LogP) is 3.75. The van der Waals surface area contributed by atoms with Crippen LogP contribution in [0.4, 0.5) is 10.5 Å². The van der Waals surface area contributed by atoms with Crippen molar-refractivity contribution < 1.29 is 47.6 Å². The first kappa shape index (κ1) is 33.7. The molecule has 0 aliphatic carbocycles. The SMILES string of the molecule is COCCC(COC)COCCC(COCC(CCOC)COC)COC(=O)Oc1ccc([N+](=O)[O-])cc1. The summed E-state index contributed by atoms with van der Waals surface area (Å²) in [5.41, 5.74) is -0.102. The van der Waals surface area contributed by atoms with Crippen LogP contribution in [-0.4, -0.2) is 99.0 Å². The van der Waals surface area contributed by atoms with Gasteiger partial charge in [-0.05, 0) is 31.4 Å². The van der Waals surface area contributed by atoms with Crippen molar-refractivity contribution in [3.63, 3.8) is 0 Å². The number of nitro groups is 1. The highest BCUT2D eigenvalue weighted by molar-refractivity contribution is 5.64. The molecule has 0 N–H and O–H groups in total. The Morgan fingerprint density at radius 2 is 1.21 bits per heavy atom. The molecule has 218 valence electrons. The van der Waals surface area contributed by atoms with Crippen molar-refractivity contribution in [2.24, 2.45) is 17.8 Å². The second kappa shape index (κ2) is 21.6. The fourth-order valence-corrected chi connectivity index (χ4v) is 3.53. The summed E-state index contributed by atoms with van der Waals surface area (Å²) < 4.78 is 43.1. The summed E-state index contributed by atoms with van der Waals surface area (Å²) in [6.45, 7) is 4.25. The van der Waals surface area contributed by atoms with Gasteiger partial charge >= 0.3 is 6.16 Å². The number of hydrogen-bond acceptors (Lipinski definition) is 11. The zero-order chi connectivity index (χ0) is 28.0. The highest BCUT2D eigenvalue weighted by atomic mass is 16.7. The number of nitro benzene ring substituents is 1. The Labute approximate surface area is 224 Å². The topological polar surface area (TPSA) is 134 Å². The number of carbonyl (C=O) groups excluding carboxylic acids is 1. The summed E-state index contributed by atoms with van der Waals surface area (Å²) in [4.78, 5) is 22.5. The van der Waals surface area contributed by atoms with Gasteiger partial charge in [-0.15, -0.1) is 0 Å². The van der Waals surface area contributed by atoms with E-state index in [-0.39, 0.29) is 35.8 Å². The van der Waals surface area contributed by atoms with Crippen LogP contribution in [0.25, 0.3) is 0 Å². The maximum atomic E-state index is 12.2. The van der Waals surface area contributed by atoms with Crippen LogP contribution in [0.1, 0.15) is 19.3 Å². The lowest BCUT2D eigenvalue weighted by Gasteiger charge is -2.21. The molecule has 1 aromatic carbocycles. The number of rotatable bonds is 23. The van der Waals surface area contributed by atoms with Gasteiger partial charge in [0.15, 0.2) is 0 Å². The summed E-state index contributed by atoms with van der Waals surface area (Å²) in [7, 11) is 6.62. The van der Waals surface area contributed by atoms with Crippen molar-refractivity contribution in [3.05, 3.63) is 34.4 Å². The van der Waals surface area contributed by atoms with Crippen LogP contribution in [0.5, 0.6) is 5.75 Å². The van der Waals surface area contributed by atoms with E-state index in [1.807, 2.05) is 0 Å². The van der Waals surface area contributed by atoms with Crippen LogP contribution < -0.4 is 4.74 Å². The van der Waals surface area contributed by atoms with Crippen LogP contribution in [0.15, 0.2) is 24.3 Å². The third-order valence-corrected chi connectivity index (χ3v) is 5.68. The van der Waals surface area contributed by atoms with Gasteiger partial charge in [0, 0.05) is 78.1 Å². The third-order valence-electron chi connectivity index (χ3n) is 5.68. The molecule has 0 spiro atoms. The number of carbonyl (C=O) groups is 1. The monoisotopic (exact) mass is 545 g/mol. The molecule has 12 nitrogen and oxygen atoms in total. The molecular formula is C26H43NO11. The minimum atomic E-state index is -0.901. The molecule has 0 saturated carbocycles. The summed E-state index contributed by atoms with van der Waals surface area (Å²) in [6, 6.07) is 5.17. The Morgan fingerprint density at radius 1 is 0.711 bits per heavy atom. The molecule has 0 aliphatic rings. The van der Waals surface area contributed by atoms with Gasteiger partial charge in [0.05, 0.1) is 38.0 Å². The van der Waals surface area contributed by atoms with E-state index < -0.39 is 11.1 Å². The number of methoxy groups -OCH3 is 4. The minimum Gasteiger partial charge on any atom is -0.434 e. The van der Waals surface area contributed by atoms with Crippen molar-refractivity contribution >= 4 is 11.8 Å². The minimum absolute atomic E-state index is 0.0629. The molecule has 0 aliphatic heterocycles. The van der Waals surface area contributed by atoms with E-state index in [0.29, 0.717) is 59.3 Å². The predicted molar refractivity (Wildman–Crippen MR) is 139 cm³/mol. The first-order valence-electron chi connectivity index (χ1n) is 12.6. The Morgan fingerprint density at radius 3 is 1.71 bits per heavy atom. The molecule has 0 bridgehead atoms. The van der Waals surface area contributed by atoms with Crippen molar-refractivity contribution in [1.82, 2.24) is 0 Å². The summed E-state index contributed by atoms with van der Waals surface area (Å²) in [6.07, 6.45) is 1.33. The second-order valence-corrected chi connectivity index (χ2v) is 8.89. The number of benzene rings is 1. The second-order valence-electron chi connectivity index (χ2n) is 8.89. The summed E-state index contributed by atoms with van der Waals surface area (Å²) >= 11 is 0. The van der Waals surface area contributed by atoms with Crippen molar-refractivity contribution in [2.45, 2.75) is 19.3 Å². The summed E-state index contributed by atoms with van der Waals surface area (Å²) in [5.74, 6) is 0.418. The van der Waals surface area contributed by atoms with Gasteiger partial charge in [-0.2, -0.15) is 0 Å². The number of ether oxygens (including phenoxy) is 8. The van der Waals surface area contributed by atoms with E-state index in [1.54, 1.807) is 28.4 Å². The van der Waals surface area contributed by atoms with E-state index in [1.165, 1.54) is 24.3 Å². The first-order chi connectivity index (χ1) is 18.4. The molecule has 0 amide bonds. The van der Waals surface area contributed by atoms with Crippen molar-refractivity contribution in [2.75, 3.05) is 87.9 Å². The van der Waals surface area contributed by atoms with Crippen molar-refractivity contribution in [3.8, 4) is 5.75 Å². The molecule has 0 aromatic heterocycles. The highest BCUT2D eigenvalue weighted by Crippen LogP contribution is 2.18. The van der Waals surface area contributed by atoms with Gasteiger partial charge < -0.3 is 37.9 Å². The Balaban J connectivity index is 2.59. The van der Waals surface area contributed by atoms with Crippen LogP contribution >= 0.6 is 0 Å². The molecule has 0 saturated heterocycles. The molecule has 1 rings (SSSR count). The lowest BCUT2D eigenvalue weighted by Crippen LogP contribution is -2.25. The Bertz CT molecular complexity index is 747. The number of hydrogen-bond donors (Lipinski definition) is 0. The van der Waals surface area contributed by atoms with Gasteiger partial charge in [0.2, 0.25) is 0 Å². The zero-order valence-corrected chi connectivity index (χ0v) is 23.0. The molecule has 1 aromatic rings. The Kier molecular flexibility index (Phi) is 19.1. The van der Waals surface area contributed by atoms with Gasteiger partial charge in [-0.1, -0.05) is 0 Å². The van der Waals surface area contributed by atoms with E-state index >= 15 is 0 Å². The highest BCUT2D eigenvalue weighted by Gasteiger charge is 2.17. The largest absolute Gasteiger partial charge is 0.513 e. The lowest BCUT2D eigenvalue weighted by molar-refractivity contribution is -0.384. The maximum Gasteiger partial charge on any atom is 0.513 e. The molecule has 0 fully saturated rings. The molecule has 12 heteroatoms. The van der Waals surface area contributed by atoms with Crippen LogP contribution in [0, 0.1) is 27.9 Å². The van der Waals surface area contributed by atoms with Crippen LogP contribution in [0.3, 0.4) is 0 Å². The average Bonchev–Trinajstić information content (AvgIpc) is 2.91. The molecule has 38 heavy (non-hydrogen) atoms. The first-order valence-corrected chi connectivity index (χ1v) is 12.6. The fourth-order valence-electron chi connectivity index (χ4n) is 3.53. The number of nitrogens with zero attached hydrogens (tertiary/aromatic N) is 1. The summed E-state index contributed by atoms with van der Waals surface area (Å²) in [5, 5.41) is 10.8. The molecule has 3 unspecified atom stereocenters. The Hall–Kier alpha value is -2.35. The van der Waals surface area contributed by atoms with E-state index in [4.69, 9.17) is 37.9 Å². The van der Waals surface area contributed by atoms with E-state index in [2.05, 4.69) is 0 Å². The van der Waals surface area contributed by atoms with Crippen molar-refractivity contribution in [1.29, 1.82) is 0 Å². The standard InChI is InChI=1S/C26H43NO11/c1-31-12-9-21(15-33-3)17-35-14-11-23(19-36-18-22(16-34-4)10-13-32-2)20-37-26(28)38-25-7-5-24(6-8-25)27(29)30/h5-8,21-23H,9-20H2,1-4H3.